The third kappa shape index (κ3) is 2.14. The number of fused-ring (bicyclic) bond motifs is 1. The molecule has 1 fully saturated rings. The lowest BCUT2D eigenvalue weighted by atomic mass is 9.69. The van der Waals surface area contributed by atoms with Gasteiger partial charge in [0.15, 0.2) is 0 Å². The number of ether oxygens (including phenoxy) is 1. The minimum atomic E-state index is 0.173. The number of rotatable bonds is 2. The van der Waals surface area contributed by atoms with Gasteiger partial charge in [-0.05, 0) is 25.5 Å². The number of benzene rings is 1. The molecule has 1 aliphatic carbocycles. The average Bonchev–Trinajstić information content (AvgIpc) is 2.39. The molecule has 1 heterocycles. The summed E-state index contributed by atoms with van der Waals surface area (Å²) in [5.74, 6) is 0.902. The Morgan fingerprint density at radius 2 is 2.05 bits per heavy atom. The van der Waals surface area contributed by atoms with Crippen LogP contribution in [0.4, 0.5) is 0 Å². The van der Waals surface area contributed by atoms with Gasteiger partial charge in [0.05, 0.1) is 0 Å². The van der Waals surface area contributed by atoms with Crippen molar-refractivity contribution in [1.82, 2.24) is 4.98 Å². The van der Waals surface area contributed by atoms with Crippen LogP contribution >= 0.6 is 15.9 Å². The van der Waals surface area contributed by atoms with Crippen molar-refractivity contribution in [2.24, 2.45) is 5.41 Å². The third-order valence-corrected chi connectivity index (χ3v) is 5.70. The van der Waals surface area contributed by atoms with Gasteiger partial charge >= 0.3 is 0 Å². The Morgan fingerprint density at radius 1 is 1.26 bits per heavy atom. The van der Waals surface area contributed by atoms with Gasteiger partial charge in [0.1, 0.15) is 17.4 Å². The van der Waals surface area contributed by atoms with Crippen LogP contribution in [-0.4, -0.2) is 15.9 Å². The maximum atomic E-state index is 6.21. The third-order valence-electron chi connectivity index (χ3n) is 4.15. The second-order valence-electron chi connectivity index (χ2n) is 5.91. The predicted octanol–water partition coefficient (Wildman–Crippen LogP) is 4.48. The monoisotopic (exact) mass is 319 g/mol. The van der Waals surface area contributed by atoms with Crippen LogP contribution in [-0.2, 0) is 0 Å². The summed E-state index contributed by atoms with van der Waals surface area (Å²) in [5, 5.41) is 1.13. The van der Waals surface area contributed by atoms with Crippen molar-refractivity contribution in [2.45, 2.75) is 38.1 Å². The SMILES string of the molecule is Cc1ccc2cccc(OC3CC(Br)C3(C)C)c2n1. The Kier molecular flexibility index (Phi) is 3.05. The highest BCUT2D eigenvalue weighted by molar-refractivity contribution is 9.09. The number of hydrogen-bond donors (Lipinski definition) is 0. The molecule has 0 N–H and O–H groups in total. The lowest BCUT2D eigenvalue weighted by molar-refractivity contribution is -0.00688. The zero-order valence-corrected chi connectivity index (χ0v) is 13.1. The fraction of sp³-hybridized carbons (Fsp3) is 0.438. The molecule has 2 aromatic rings. The summed E-state index contributed by atoms with van der Waals surface area (Å²) in [4.78, 5) is 5.15. The van der Waals surface area contributed by atoms with Crippen molar-refractivity contribution in [3.8, 4) is 5.75 Å². The molecule has 1 aromatic heterocycles. The van der Waals surface area contributed by atoms with Crippen molar-refractivity contribution in [2.75, 3.05) is 0 Å². The highest BCUT2D eigenvalue weighted by atomic mass is 79.9. The van der Waals surface area contributed by atoms with E-state index in [1.807, 2.05) is 25.1 Å². The van der Waals surface area contributed by atoms with Crippen LogP contribution in [0.25, 0.3) is 10.9 Å². The molecule has 100 valence electrons. The topological polar surface area (TPSA) is 22.1 Å². The number of aromatic nitrogens is 1. The molecule has 0 bridgehead atoms. The van der Waals surface area contributed by atoms with E-state index in [0.717, 1.165) is 28.8 Å². The van der Waals surface area contributed by atoms with Crippen molar-refractivity contribution in [1.29, 1.82) is 0 Å². The molecule has 1 saturated carbocycles. The molecule has 1 aliphatic rings. The minimum Gasteiger partial charge on any atom is -0.488 e. The van der Waals surface area contributed by atoms with Crippen LogP contribution in [0.5, 0.6) is 5.75 Å². The Labute approximate surface area is 122 Å². The van der Waals surface area contributed by atoms with Crippen LogP contribution in [0.15, 0.2) is 30.3 Å². The Morgan fingerprint density at radius 3 is 2.74 bits per heavy atom. The van der Waals surface area contributed by atoms with Gasteiger partial charge < -0.3 is 4.74 Å². The molecule has 0 saturated heterocycles. The van der Waals surface area contributed by atoms with Gasteiger partial charge in [-0.1, -0.05) is 48.0 Å². The van der Waals surface area contributed by atoms with E-state index in [-0.39, 0.29) is 11.5 Å². The largest absolute Gasteiger partial charge is 0.488 e. The zero-order valence-electron chi connectivity index (χ0n) is 11.5. The van der Waals surface area contributed by atoms with E-state index in [1.165, 1.54) is 0 Å². The highest BCUT2D eigenvalue weighted by Gasteiger charge is 2.48. The van der Waals surface area contributed by atoms with E-state index in [4.69, 9.17) is 4.74 Å². The fourth-order valence-corrected chi connectivity index (χ4v) is 3.14. The quantitative estimate of drug-likeness (QED) is 0.761. The minimum absolute atomic E-state index is 0.173. The maximum Gasteiger partial charge on any atom is 0.145 e. The van der Waals surface area contributed by atoms with E-state index in [1.54, 1.807) is 0 Å². The molecular formula is C16H18BrNO. The van der Waals surface area contributed by atoms with Crippen molar-refractivity contribution in [3.05, 3.63) is 36.0 Å². The van der Waals surface area contributed by atoms with Gasteiger partial charge in [-0.25, -0.2) is 4.98 Å². The summed E-state index contributed by atoms with van der Waals surface area (Å²) in [7, 11) is 0. The first-order valence-electron chi connectivity index (χ1n) is 6.65. The van der Waals surface area contributed by atoms with Crippen molar-refractivity contribution < 1.29 is 4.74 Å². The second kappa shape index (κ2) is 4.48. The first-order chi connectivity index (χ1) is 8.98. The summed E-state index contributed by atoms with van der Waals surface area (Å²) in [6.45, 7) is 6.49. The highest BCUT2D eigenvalue weighted by Crippen LogP contribution is 2.47. The van der Waals surface area contributed by atoms with Crippen molar-refractivity contribution in [3.63, 3.8) is 0 Å². The Bertz CT molecular complexity index is 623. The molecule has 3 heteroatoms. The molecule has 1 aromatic carbocycles. The molecule has 19 heavy (non-hydrogen) atoms. The number of halogens is 1. The molecule has 2 nitrogen and oxygen atoms in total. The van der Waals surface area contributed by atoms with Crippen LogP contribution < -0.4 is 4.74 Å². The van der Waals surface area contributed by atoms with Gasteiger partial charge in [0, 0.05) is 21.3 Å². The molecule has 0 spiro atoms. The van der Waals surface area contributed by atoms with Gasteiger partial charge in [-0.2, -0.15) is 0 Å². The van der Waals surface area contributed by atoms with E-state index in [9.17, 15) is 0 Å². The van der Waals surface area contributed by atoms with Crippen LogP contribution in [0.2, 0.25) is 0 Å². The van der Waals surface area contributed by atoms with E-state index < -0.39 is 0 Å². The van der Waals surface area contributed by atoms with E-state index in [0.29, 0.717) is 4.83 Å². The average molecular weight is 320 g/mol. The molecule has 0 radical (unpaired) electrons. The first kappa shape index (κ1) is 12.9. The van der Waals surface area contributed by atoms with Crippen LogP contribution in [0.1, 0.15) is 26.0 Å². The lowest BCUT2D eigenvalue weighted by Gasteiger charge is -2.48. The summed E-state index contributed by atoms with van der Waals surface area (Å²) in [6.07, 6.45) is 1.31. The van der Waals surface area contributed by atoms with Gasteiger partial charge in [-0.3, -0.25) is 0 Å². The Balaban J connectivity index is 1.95. The van der Waals surface area contributed by atoms with E-state index >= 15 is 0 Å². The number of alkyl halides is 1. The molecule has 2 atom stereocenters. The smallest absolute Gasteiger partial charge is 0.145 e. The van der Waals surface area contributed by atoms with Gasteiger partial charge in [-0.15, -0.1) is 0 Å². The lowest BCUT2D eigenvalue weighted by Crippen LogP contribution is -2.53. The number of hydrogen-bond acceptors (Lipinski definition) is 2. The van der Waals surface area contributed by atoms with E-state index in [2.05, 4.69) is 46.9 Å². The maximum absolute atomic E-state index is 6.21. The number of aryl methyl sites for hydroxylation is 1. The standard InChI is InChI=1S/C16H18BrNO/c1-10-7-8-11-5-4-6-12(15(11)18-10)19-14-9-13(17)16(14,2)3/h4-8,13-14H,9H2,1-3H3. The van der Waals surface area contributed by atoms with Gasteiger partial charge in [0.25, 0.3) is 0 Å². The number of nitrogens with zero attached hydrogens (tertiary/aromatic N) is 1. The second-order valence-corrected chi connectivity index (χ2v) is 7.02. The summed E-state index contributed by atoms with van der Waals surface area (Å²) >= 11 is 3.70. The number of pyridine rings is 1. The molecule has 2 unspecified atom stereocenters. The van der Waals surface area contributed by atoms with Crippen molar-refractivity contribution >= 4 is 26.8 Å². The molecule has 0 aliphatic heterocycles. The normalized spacial score (nSPS) is 25.1. The summed E-state index contributed by atoms with van der Waals surface area (Å²) in [6, 6.07) is 10.3. The summed E-state index contributed by atoms with van der Waals surface area (Å²) < 4.78 is 6.21. The zero-order chi connectivity index (χ0) is 13.6. The molecule has 0 amide bonds. The molecule has 3 rings (SSSR count). The van der Waals surface area contributed by atoms with Crippen LogP contribution in [0.3, 0.4) is 0 Å². The molecular weight excluding hydrogens is 302 g/mol. The first-order valence-corrected chi connectivity index (χ1v) is 7.57. The van der Waals surface area contributed by atoms with Gasteiger partial charge in [0.2, 0.25) is 0 Å². The number of para-hydroxylation sites is 1. The summed E-state index contributed by atoms with van der Waals surface area (Å²) in [5.41, 5.74) is 2.16. The Hall–Kier alpha value is -1.09. The van der Waals surface area contributed by atoms with Crippen LogP contribution in [0, 0.1) is 12.3 Å². The predicted molar refractivity (Wildman–Crippen MR) is 82.0 cm³/mol. The fourth-order valence-electron chi connectivity index (χ4n) is 2.50.